The van der Waals surface area contributed by atoms with Gasteiger partial charge in [0.1, 0.15) is 17.5 Å². The number of likely N-dealkylation sites (tertiary alicyclic amines) is 1. The van der Waals surface area contributed by atoms with Crippen molar-refractivity contribution in [3.8, 4) is 17.2 Å². The minimum Gasteiger partial charge on any atom is -0.355 e. The summed E-state index contributed by atoms with van der Waals surface area (Å²) < 4.78 is 0. The molecule has 7 nitrogen and oxygen atoms in total. The van der Waals surface area contributed by atoms with Gasteiger partial charge in [0.25, 0.3) is 0 Å². The van der Waals surface area contributed by atoms with Gasteiger partial charge in [0.15, 0.2) is 0 Å². The molecule has 1 amide bonds. The van der Waals surface area contributed by atoms with Gasteiger partial charge in [-0.2, -0.15) is 10.4 Å². The molecule has 7 heteroatoms. The number of pyridine rings is 1. The van der Waals surface area contributed by atoms with E-state index in [-0.39, 0.29) is 16.7 Å². The molecule has 3 aromatic rings. The van der Waals surface area contributed by atoms with Crippen LogP contribution in [0.5, 0.6) is 0 Å². The summed E-state index contributed by atoms with van der Waals surface area (Å²) in [5.41, 5.74) is 7.69. The van der Waals surface area contributed by atoms with Gasteiger partial charge in [-0.1, -0.05) is 32.6 Å². The second kappa shape index (κ2) is 7.44. The SMILES string of the molecule is C=CC(=O)N1CC2(CCN(c3nc4c(c(-c5c(C)ccc6cn[nH]c56)c3C#N)C[C@H]3C[C@@H]4C3(C)C)C2)C1. The smallest absolute Gasteiger partial charge is 0.245 e. The number of hydrogen-bond donors (Lipinski definition) is 1. The number of aromatic amines is 1. The summed E-state index contributed by atoms with van der Waals surface area (Å²) in [6.45, 7) is 13.7. The zero-order valence-corrected chi connectivity index (χ0v) is 21.8. The maximum absolute atomic E-state index is 12.1. The zero-order chi connectivity index (χ0) is 25.7. The number of nitriles is 1. The number of H-pyrrole nitrogens is 1. The molecule has 37 heavy (non-hydrogen) atoms. The van der Waals surface area contributed by atoms with E-state index in [2.05, 4.69) is 60.6 Å². The van der Waals surface area contributed by atoms with Gasteiger partial charge in [-0.15, -0.1) is 0 Å². The third-order valence-corrected chi connectivity index (χ3v) is 10.0. The lowest BCUT2D eigenvalue weighted by Crippen LogP contribution is -2.59. The van der Waals surface area contributed by atoms with Gasteiger partial charge in [-0.3, -0.25) is 9.89 Å². The molecule has 2 aromatic heterocycles. The standard InChI is InChI=1S/C30H32N6O/c1-5-23(37)36-15-30(16-36)8-9-35(14-30)28-21(12-31)25(24-17(2)6-7-18-13-32-34-26(18)24)20-10-19-11-22(27(20)33-28)29(19,3)4/h5-7,13,19,22H,1,8-11,14-16H2,2-4H3,(H,32,34)/t19-,22-/m0/s1. The molecule has 2 bridgehead atoms. The van der Waals surface area contributed by atoms with Crippen LogP contribution in [0.25, 0.3) is 22.0 Å². The summed E-state index contributed by atoms with van der Waals surface area (Å²) in [6, 6.07) is 6.84. The highest BCUT2D eigenvalue weighted by Crippen LogP contribution is 2.63. The Morgan fingerprint density at radius 2 is 2.08 bits per heavy atom. The molecule has 0 unspecified atom stereocenters. The van der Waals surface area contributed by atoms with Crippen LogP contribution in [0.1, 0.15) is 55.0 Å². The van der Waals surface area contributed by atoms with Crippen molar-refractivity contribution in [3.05, 3.63) is 53.4 Å². The van der Waals surface area contributed by atoms with Crippen molar-refractivity contribution in [2.45, 2.75) is 46.0 Å². The lowest BCUT2D eigenvalue weighted by Gasteiger charge is -2.57. The Kier molecular flexibility index (Phi) is 4.53. The molecule has 3 fully saturated rings. The predicted octanol–water partition coefficient (Wildman–Crippen LogP) is 4.72. The molecule has 2 aliphatic heterocycles. The summed E-state index contributed by atoms with van der Waals surface area (Å²) in [6.07, 6.45) is 6.39. The zero-order valence-electron chi connectivity index (χ0n) is 21.8. The second-order valence-corrected chi connectivity index (χ2v) is 12.3. The van der Waals surface area contributed by atoms with E-state index in [0.717, 1.165) is 72.4 Å². The predicted molar refractivity (Wildman–Crippen MR) is 143 cm³/mol. The largest absolute Gasteiger partial charge is 0.355 e. The number of nitrogens with one attached hydrogen (secondary N) is 1. The number of aromatic nitrogens is 3. The van der Waals surface area contributed by atoms with E-state index in [1.807, 2.05) is 11.1 Å². The third kappa shape index (κ3) is 2.96. The highest BCUT2D eigenvalue weighted by molar-refractivity contribution is 5.99. The molecular weight excluding hydrogens is 460 g/mol. The van der Waals surface area contributed by atoms with Crippen LogP contribution < -0.4 is 4.90 Å². The minimum atomic E-state index is 0.000812. The molecule has 1 N–H and O–H groups in total. The molecule has 3 aliphatic carbocycles. The Labute approximate surface area is 217 Å². The number of rotatable bonds is 3. The average Bonchev–Trinajstić information content (AvgIpc) is 3.53. The monoisotopic (exact) mass is 492 g/mol. The number of hydrogen-bond acceptors (Lipinski definition) is 5. The molecular formula is C30H32N6O. The summed E-state index contributed by atoms with van der Waals surface area (Å²) in [7, 11) is 0. The van der Waals surface area contributed by atoms with Gasteiger partial charge in [-0.25, -0.2) is 4.98 Å². The fourth-order valence-corrected chi connectivity index (χ4v) is 7.67. The summed E-state index contributed by atoms with van der Waals surface area (Å²) in [4.78, 5) is 21.6. The van der Waals surface area contributed by atoms with E-state index < -0.39 is 0 Å². The number of amides is 1. The average molecular weight is 493 g/mol. The molecule has 0 radical (unpaired) electrons. The second-order valence-electron chi connectivity index (χ2n) is 12.3. The highest BCUT2D eigenvalue weighted by Gasteiger charge is 2.55. The molecule has 1 spiro atoms. The number of aryl methyl sites for hydroxylation is 1. The maximum Gasteiger partial charge on any atom is 0.245 e. The van der Waals surface area contributed by atoms with Crippen molar-refractivity contribution < 1.29 is 4.79 Å². The van der Waals surface area contributed by atoms with E-state index in [9.17, 15) is 10.1 Å². The summed E-state index contributed by atoms with van der Waals surface area (Å²) >= 11 is 0. The minimum absolute atomic E-state index is 0.000812. The Morgan fingerprint density at radius 1 is 1.27 bits per heavy atom. The van der Waals surface area contributed by atoms with E-state index in [0.29, 0.717) is 17.4 Å². The van der Waals surface area contributed by atoms with Crippen LogP contribution in [0.3, 0.4) is 0 Å². The van der Waals surface area contributed by atoms with Crippen LogP contribution in [0.4, 0.5) is 5.82 Å². The first kappa shape index (κ1) is 22.5. The highest BCUT2D eigenvalue weighted by atomic mass is 16.2. The number of anilines is 1. The number of benzene rings is 1. The first-order chi connectivity index (χ1) is 17.8. The normalized spacial score (nSPS) is 24.4. The van der Waals surface area contributed by atoms with Gasteiger partial charge < -0.3 is 9.80 Å². The Morgan fingerprint density at radius 3 is 2.81 bits per heavy atom. The topological polar surface area (TPSA) is 88.9 Å². The van der Waals surface area contributed by atoms with Crippen LogP contribution in [-0.2, 0) is 11.2 Å². The first-order valence-electron chi connectivity index (χ1n) is 13.3. The lowest BCUT2D eigenvalue weighted by molar-refractivity contribution is -0.136. The molecule has 1 saturated carbocycles. The van der Waals surface area contributed by atoms with Crippen molar-refractivity contribution in [1.29, 1.82) is 5.26 Å². The fourth-order valence-electron chi connectivity index (χ4n) is 7.67. The third-order valence-electron chi connectivity index (χ3n) is 10.0. The van der Waals surface area contributed by atoms with Gasteiger partial charge in [0, 0.05) is 54.0 Å². The Balaban J connectivity index is 1.40. The number of nitrogens with zero attached hydrogens (tertiary/aromatic N) is 5. The molecule has 5 aliphatic rings. The number of fused-ring (bicyclic) bond motifs is 1. The number of carbonyl (C=O) groups excluding carboxylic acids is 1. The van der Waals surface area contributed by atoms with E-state index >= 15 is 0 Å². The molecule has 188 valence electrons. The Hall–Kier alpha value is -3.66. The first-order valence-corrected chi connectivity index (χ1v) is 13.3. The molecule has 4 heterocycles. The van der Waals surface area contributed by atoms with E-state index in [4.69, 9.17) is 4.98 Å². The van der Waals surface area contributed by atoms with Crippen LogP contribution in [-0.4, -0.2) is 52.2 Å². The van der Waals surface area contributed by atoms with Crippen molar-refractivity contribution in [3.63, 3.8) is 0 Å². The maximum atomic E-state index is 12.1. The van der Waals surface area contributed by atoms with E-state index in [1.54, 1.807) is 0 Å². The molecule has 2 atom stereocenters. The van der Waals surface area contributed by atoms with Crippen molar-refractivity contribution in [2.24, 2.45) is 16.7 Å². The van der Waals surface area contributed by atoms with Gasteiger partial charge >= 0.3 is 0 Å². The van der Waals surface area contributed by atoms with Crippen LogP contribution in [0.2, 0.25) is 0 Å². The quantitative estimate of drug-likeness (QED) is 0.535. The van der Waals surface area contributed by atoms with Gasteiger partial charge in [0.2, 0.25) is 5.91 Å². The lowest BCUT2D eigenvalue weighted by atomic mass is 9.48. The van der Waals surface area contributed by atoms with Crippen LogP contribution in [0, 0.1) is 35.0 Å². The van der Waals surface area contributed by atoms with Crippen LogP contribution >= 0.6 is 0 Å². The summed E-state index contributed by atoms with van der Waals surface area (Å²) in [5, 5.41) is 19.3. The van der Waals surface area contributed by atoms with Crippen molar-refractivity contribution >= 4 is 22.6 Å². The van der Waals surface area contributed by atoms with Crippen molar-refractivity contribution in [1.82, 2.24) is 20.1 Å². The van der Waals surface area contributed by atoms with E-state index in [1.165, 1.54) is 23.8 Å². The van der Waals surface area contributed by atoms with Gasteiger partial charge in [0.05, 0.1) is 17.4 Å². The number of carbonyl (C=O) groups is 1. The van der Waals surface area contributed by atoms with Crippen LogP contribution in [0.15, 0.2) is 31.0 Å². The molecule has 1 aromatic carbocycles. The van der Waals surface area contributed by atoms with Crippen molar-refractivity contribution in [2.75, 3.05) is 31.1 Å². The Bertz CT molecular complexity index is 1540. The molecule has 8 rings (SSSR count). The van der Waals surface area contributed by atoms with Gasteiger partial charge in [-0.05, 0) is 54.7 Å². The summed E-state index contributed by atoms with van der Waals surface area (Å²) in [5.74, 6) is 1.84. The molecule has 2 saturated heterocycles. The fraction of sp³-hybridized carbons (Fsp3) is 0.467.